The molecule has 2 heterocycles. The molecule has 32 heavy (non-hydrogen) atoms. The Labute approximate surface area is 195 Å². The Balaban J connectivity index is 2.24. The summed E-state index contributed by atoms with van der Waals surface area (Å²) in [6, 6.07) is -0.580. The summed E-state index contributed by atoms with van der Waals surface area (Å²) in [6.07, 6.45) is -2.21. The van der Waals surface area contributed by atoms with Crippen molar-refractivity contribution in [3.8, 4) is 0 Å². The van der Waals surface area contributed by atoms with Crippen LogP contribution in [0, 0.1) is 5.92 Å². The second-order valence-electron chi connectivity index (χ2n) is 8.68. The second-order valence-corrected chi connectivity index (χ2v) is 9.54. The van der Waals surface area contributed by atoms with E-state index in [4.69, 9.17) is 24.1 Å². The summed E-state index contributed by atoms with van der Waals surface area (Å²) < 4.78 is 21.7. The first-order chi connectivity index (χ1) is 14.9. The number of nitrogens with zero attached hydrogens (tertiary/aromatic N) is 1. The van der Waals surface area contributed by atoms with Gasteiger partial charge in [-0.25, -0.2) is 9.69 Å². The van der Waals surface area contributed by atoms with Gasteiger partial charge in [-0.15, -0.1) is 0 Å². The predicted octanol–water partition coefficient (Wildman–Crippen LogP) is 1.51. The summed E-state index contributed by atoms with van der Waals surface area (Å²) in [5.74, 6) is -3.38. The summed E-state index contributed by atoms with van der Waals surface area (Å²) in [4.78, 5) is 39.6. The number of cyclic esters (lactones) is 1. The van der Waals surface area contributed by atoms with Gasteiger partial charge in [0.05, 0.1) is 23.7 Å². The number of methoxy groups -OCH3 is 1. The van der Waals surface area contributed by atoms with Crippen molar-refractivity contribution in [2.24, 2.45) is 5.92 Å². The zero-order valence-corrected chi connectivity index (χ0v) is 20.6. The Hall–Kier alpha value is -1.37. The number of rotatable bonds is 10. The van der Waals surface area contributed by atoms with Gasteiger partial charge in [-0.2, -0.15) is 0 Å². The third-order valence-electron chi connectivity index (χ3n) is 5.46. The van der Waals surface area contributed by atoms with Crippen molar-refractivity contribution in [1.82, 2.24) is 4.90 Å². The van der Waals surface area contributed by atoms with E-state index in [1.807, 2.05) is 13.8 Å². The number of ketones is 1. The van der Waals surface area contributed by atoms with Gasteiger partial charge in [0.25, 0.3) is 5.91 Å². The average molecular weight is 522 g/mol. The van der Waals surface area contributed by atoms with Crippen molar-refractivity contribution < 1.29 is 43.5 Å². The van der Waals surface area contributed by atoms with E-state index in [0.717, 1.165) is 11.0 Å². The first-order valence-corrected chi connectivity index (χ1v) is 11.3. The van der Waals surface area contributed by atoms with Crippen molar-refractivity contribution in [3.05, 3.63) is 10.6 Å². The molecule has 2 aliphatic rings. The molecule has 11 heteroatoms. The highest BCUT2D eigenvalue weighted by Crippen LogP contribution is 2.38. The van der Waals surface area contributed by atoms with Crippen molar-refractivity contribution in [2.75, 3.05) is 26.9 Å². The topological polar surface area (TPSA) is 132 Å². The highest BCUT2D eigenvalue weighted by Gasteiger charge is 2.55. The first-order valence-electron chi connectivity index (χ1n) is 10.5. The normalized spacial score (nSPS) is 28.7. The maximum absolute atomic E-state index is 13.4. The summed E-state index contributed by atoms with van der Waals surface area (Å²) >= 11 is 3.16. The molecule has 2 N–H and O–H groups in total. The Kier molecular flexibility index (Phi) is 8.99. The fraction of sp³-hybridized carbons (Fsp3) is 0.762. The lowest BCUT2D eigenvalue weighted by atomic mass is 9.88. The van der Waals surface area contributed by atoms with Gasteiger partial charge in [0, 0.05) is 20.1 Å². The van der Waals surface area contributed by atoms with Gasteiger partial charge < -0.3 is 29.2 Å². The fourth-order valence-corrected chi connectivity index (χ4v) is 4.71. The Morgan fingerprint density at radius 1 is 1.31 bits per heavy atom. The molecule has 0 saturated carbocycles. The van der Waals surface area contributed by atoms with E-state index in [-0.39, 0.29) is 36.6 Å². The lowest BCUT2D eigenvalue weighted by Crippen LogP contribution is -2.58. The van der Waals surface area contributed by atoms with Gasteiger partial charge in [-0.05, 0) is 48.2 Å². The van der Waals surface area contributed by atoms with Crippen LogP contribution < -0.4 is 0 Å². The van der Waals surface area contributed by atoms with Gasteiger partial charge in [-0.1, -0.05) is 13.8 Å². The number of aliphatic hydroxyl groups excluding tert-OH is 1. The van der Waals surface area contributed by atoms with Crippen molar-refractivity contribution in [3.63, 3.8) is 0 Å². The molecule has 0 radical (unpaired) electrons. The van der Waals surface area contributed by atoms with E-state index >= 15 is 0 Å². The molecule has 0 bridgehead atoms. The van der Waals surface area contributed by atoms with Crippen LogP contribution in [-0.2, 0) is 28.5 Å². The number of aliphatic hydroxyl groups is 2. The van der Waals surface area contributed by atoms with Crippen molar-refractivity contribution in [1.29, 1.82) is 0 Å². The van der Waals surface area contributed by atoms with Crippen molar-refractivity contribution >= 4 is 33.7 Å². The number of hydrogen-bond donors (Lipinski definition) is 2. The molecule has 0 aromatic heterocycles. The standard InChI is InChI=1S/C21H32BrNO9/c1-12(2)17-20(3,4)32-19(27)23(17)18(26)16(29-5)15-13(25)11-14(22)21(28,31-15)7-6-9-30-10-8-24/h11-12,15-17,24,28H,6-10H2,1-5H3. The highest BCUT2D eigenvalue weighted by molar-refractivity contribution is 9.11. The number of amides is 2. The molecule has 2 aliphatic heterocycles. The number of carbonyl (C=O) groups is 3. The lowest BCUT2D eigenvalue weighted by molar-refractivity contribution is -0.227. The number of halogens is 1. The van der Waals surface area contributed by atoms with E-state index in [2.05, 4.69) is 15.9 Å². The third kappa shape index (κ3) is 5.57. The number of imide groups is 1. The Morgan fingerprint density at radius 3 is 2.53 bits per heavy atom. The van der Waals surface area contributed by atoms with Crippen LogP contribution in [-0.4, -0.2) is 89.5 Å². The molecule has 182 valence electrons. The maximum Gasteiger partial charge on any atom is 0.417 e. The summed E-state index contributed by atoms with van der Waals surface area (Å²) in [6.45, 7) is 7.44. The minimum atomic E-state index is -1.89. The van der Waals surface area contributed by atoms with Crippen LogP contribution in [0.2, 0.25) is 0 Å². The van der Waals surface area contributed by atoms with E-state index in [9.17, 15) is 19.5 Å². The van der Waals surface area contributed by atoms with E-state index in [1.165, 1.54) is 7.11 Å². The summed E-state index contributed by atoms with van der Waals surface area (Å²) in [5, 5.41) is 19.8. The molecule has 10 nitrogen and oxygen atoms in total. The first kappa shape index (κ1) is 26.9. The van der Waals surface area contributed by atoms with Crippen LogP contribution in [0.15, 0.2) is 10.6 Å². The second kappa shape index (κ2) is 10.7. The molecule has 4 unspecified atom stereocenters. The minimum absolute atomic E-state index is 0.0529. The molecular weight excluding hydrogens is 490 g/mol. The molecule has 0 spiro atoms. The van der Waals surface area contributed by atoms with Crippen LogP contribution in [0.5, 0.6) is 0 Å². The molecule has 1 fully saturated rings. The maximum atomic E-state index is 13.4. The fourth-order valence-electron chi connectivity index (χ4n) is 4.19. The summed E-state index contributed by atoms with van der Waals surface area (Å²) in [7, 11) is 1.23. The van der Waals surface area contributed by atoms with Gasteiger partial charge in [0.2, 0.25) is 0 Å². The average Bonchev–Trinajstić information content (AvgIpc) is 2.94. The quantitative estimate of drug-likeness (QED) is 0.410. The number of carbonyl (C=O) groups excluding carboxylic acids is 3. The predicted molar refractivity (Wildman–Crippen MR) is 116 cm³/mol. The third-order valence-corrected chi connectivity index (χ3v) is 6.31. The molecule has 4 atom stereocenters. The van der Waals surface area contributed by atoms with Crippen LogP contribution in [0.1, 0.15) is 40.5 Å². The van der Waals surface area contributed by atoms with E-state index < -0.39 is 47.4 Å². The van der Waals surface area contributed by atoms with Crippen LogP contribution in [0.3, 0.4) is 0 Å². The molecule has 0 aliphatic carbocycles. The highest BCUT2D eigenvalue weighted by atomic mass is 79.9. The van der Waals surface area contributed by atoms with Gasteiger partial charge >= 0.3 is 6.09 Å². The van der Waals surface area contributed by atoms with E-state index in [1.54, 1.807) is 13.8 Å². The SMILES string of the molecule is COC(C(=O)N1C(=O)OC(C)(C)C1C(C)C)C1OC(O)(CCCOCCO)C(Br)=CC1=O. The molecular formula is C21H32BrNO9. The molecule has 0 aromatic carbocycles. The molecule has 2 amide bonds. The smallest absolute Gasteiger partial charge is 0.417 e. The van der Waals surface area contributed by atoms with Gasteiger partial charge in [0.15, 0.2) is 23.8 Å². The molecule has 1 saturated heterocycles. The zero-order valence-electron chi connectivity index (χ0n) is 19.0. The largest absolute Gasteiger partial charge is 0.441 e. The monoisotopic (exact) mass is 521 g/mol. The number of ether oxygens (including phenoxy) is 4. The van der Waals surface area contributed by atoms with Crippen molar-refractivity contribution in [2.45, 2.75) is 70.2 Å². The molecule has 2 rings (SSSR count). The minimum Gasteiger partial charge on any atom is -0.441 e. The van der Waals surface area contributed by atoms with Crippen LogP contribution in [0.25, 0.3) is 0 Å². The molecule has 0 aromatic rings. The van der Waals surface area contributed by atoms with Crippen LogP contribution >= 0.6 is 15.9 Å². The van der Waals surface area contributed by atoms with Gasteiger partial charge in [0.1, 0.15) is 5.60 Å². The lowest BCUT2D eigenvalue weighted by Gasteiger charge is -2.38. The Morgan fingerprint density at radius 2 is 1.97 bits per heavy atom. The van der Waals surface area contributed by atoms with Gasteiger partial charge in [-0.3, -0.25) is 9.59 Å². The van der Waals surface area contributed by atoms with E-state index in [0.29, 0.717) is 6.42 Å². The number of hydrogen-bond acceptors (Lipinski definition) is 9. The summed E-state index contributed by atoms with van der Waals surface area (Å²) in [5.41, 5.74) is -0.922. The van der Waals surface area contributed by atoms with Crippen LogP contribution in [0.4, 0.5) is 4.79 Å². The Bertz CT molecular complexity index is 754. The zero-order chi connectivity index (χ0) is 24.3.